The monoisotopic (exact) mass is 259 g/mol. The maximum Gasteiger partial charge on any atom is 0.0905 e. The Bertz CT molecular complexity index is 171. The van der Waals surface area contributed by atoms with Crippen LogP contribution in [0, 0.1) is 11.8 Å². The van der Waals surface area contributed by atoms with Crippen molar-refractivity contribution in [3.8, 4) is 0 Å². The van der Waals surface area contributed by atoms with Crippen LogP contribution in [-0.4, -0.2) is 18.9 Å². The molecule has 0 aliphatic heterocycles. The molecule has 4 N–H and O–H groups in total. The van der Waals surface area contributed by atoms with E-state index in [4.69, 9.17) is 11.5 Å². The van der Waals surface area contributed by atoms with Crippen molar-refractivity contribution in [2.24, 2.45) is 28.3 Å². The third-order valence-corrected chi connectivity index (χ3v) is 2.29. The molecule has 0 rings (SSSR count). The van der Waals surface area contributed by atoms with Gasteiger partial charge < -0.3 is 11.5 Å². The van der Waals surface area contributed by atoms with Crippen molar-refractivity contribution in [3.63, 3.8) is 0 Å². The molecule has 0 saturated carbocycles. The fourth-order valence-electron chi connectivity index (χ4n) is 1.28. The van der Waals surface area contributed by atoms with E-state index < -0.39 is 0 Å². The van der Waals surface area contributed by atoms with Crippen LogP contribution in [0.2, 0.25) is 0 Å². The minimum atomic E-state index is 0. The predicted octanol–water partition coefficient (Wildman–Crippen LogP) is 3.82. The standard InChI is InChI=1S/C8H18N2.C6H15N.CH4/c1-7(2)5-4-6-10-8(3)9;1-6(2)4-3-5-7;/h7H,4-6H2,1-3H3,(H2,9,10);6H,3-5,7H2,1-2H3;1H4. The summed E-state index contributed by atoms with van der Waals surface area (Å²) < 4.78 is 0. The second kappa shape index (κ2) is 16.4. The molecule has 0 aliphatic rings. The van der Waals surface area contributed by atoms with Gasteiger partial charge in [0.25, 0.3) is 0 Å². The van der Waals surface area contributed by atoms with Crippen molar-refractivity contribution in [2.75, 3.05) is 13.1 Å². The third-order valence-electron chi connectivity index (χ3n) is 2.29. The van der Waals surface area contributed by atoms with Gasteiger partial charge in [0.2, 0.25) is 0 Å². The van der Waals surface area contributed by atoms with Crippen LogP contribution in [0.15, 0.2) is 4.99 Å². The molecule has 3 heteroatoms. The number of hydrogen-bond acceptors (Lipinski definition) is 2. The average molecular weight is 259 g/mol. The molecule has 0 aromatic carbocycles. The van der Waals surface area contributed by atoms with Gasteiger partial charge in [-0.25, -0.2) is 0 Å². The molecule has 0 saturated heterocycles. The summed E-state index contributed by atoms with van der Waals surface area (Å²) in [5.74, 6) is 2.31. The number of nitrogens with two attached hydrogens (primary N) is 2. The molecule has 0 amide bonds. The summed E-state index contributed by atoms with van der Waals surface area (Å²) in [5.41, 5.74) is 10.6. The van der Waals surface area contributed by atoms with Crippen LogP contribution in [0.25, 0.3) is 0 Å². The first kappa shape index (κ1) is 22.6. The molecule has 0 fully saturated rings. The van der Waals surface area contributed by atoms with Crippen molar-refractivity contribution < 1.29 is 0 Å². The minimum absolute atomic E-state index is 0. The smallest absolute Gasteiger partial charge is 0.0905 e. The highest BCUT2D eigenvalue weighted by atomic mass is 14.8. The van der Waals surface area contributed by atoms with Gasteiger partial charge in [0.05, 0.1) is 5.84 Å². The van der Waals surface area contributed by atoms with Crippen LogP contribution in [0.1, 0.15) is 67.7 Å². The Morgan fingerprint density at radius 2 is 1.44 bits per heavy atom. The Labute approximate surface area is 115 Å². The zero-order chi connectivity index (χ0) is 13.7. The van der Waals surface area contributed by atoms with E-state index in [1.54, 1.807) is 0 Å². The van der Waals surface area contributed by atoms with Gasteiger partial charge in [-0.3, -0.25) is 4.99 Å². The van der Waals surface area contributed by atoms with Gasteiger partial charge in [-0.05, 0) is 51.0 Å². The Morgan fingerprint density at radius 1 is 1.00 bits per heavy atom. The molecule has 0 radical (unpaired) electrons. The molecule has 0 aliphatic carbocycles. The summed E-state index contributed by atoms with van der Waals surface area (Å²) in [6.07, 6.45) is 4.86. The molecule has 0 spiro atoms. The summed E-state index contributed by atoms with van der Waals surface area (Å²) in [6.45, 7) is 12.4. The topological polar surface area (TPSA) is 64.4 Å². The molecular formula is C15H37N3. The molecule has 0 bridgehead atoms. The average Bonchev–Trinajstić information content (AvgIpc) is 2.22. The number of hydrogen-bond donors (Lipinski definition) is 2. The van der Waals surface area contributed by atoms with Crippen molar-refractivity contribution in [2.45, 2.75) is 67.7 Å². The van der Waals surface area contributed by atoms with Gasteiger partial charge in [-0.2, -0.15) is 0 Å². The second-order valence-corrected chi connectivity index (χ2v) is 5.38. The molecular weight excluding hydrogens is 222 g/mol. The van der Waals surface area contributed by atoms with Gasteiger partial charge in [0, 0.05) is 6.54 Å². The van der Waals surface area contributed by atoms with E-state index in [-0.39, 0.29) is 7.43 Å². The van der Waals surface area contributed by atoms with Gasteiger partial charge in [0.15, 0.2) is 0 Å². The van der Waals surface area contributed by atoms with Crippen LogP contribution in [0.4, 0.5) is 0 Å². The van der Waals surface area contributed by atoms with Crippen LogP contribution < -0.4 is 11.5 Å². The Balaban J connectivity index is -0.000000251. The van der Waals surface area contributed by atoms with E-state index in [0.717, 1.165) is 31.3 Å². The SMILES string of the molecule is C.CC(C)CCCN.CC(N)=NCCCC(C)C. The summed E-state index contributed by atoms with van der Waals surface area (Å²) in [6, 6.07) is 0. The fourth-order valence-corrected chi connectivity index (χ4v) is 1.28. The highest BCUT2D eigenvalue weighted by Crippen LogP contribution is 2.02. The molecule has 0 atom stereocenters. The largest absolute Gasteiger partial charge is 0.388 e. The van der Waals surface area contributed by atoms with Gasteiger partial charge in [-0.15, -0.1) is 0 Å². The van der Waals surface area contributed by atoms with Crippen molar-refractivity contribution in [3.05, 3.63) is 0 Å². The number of amidine groups is 1. The molecule has 0 aromatic heterocycles. The van der Waals surface area contributed by atoms with Crippen molar-refractivity contribution in [1.82, 2.24) is 0 Å². The van der Waals surface area contributed by atoms with E-state index in [1.807, 2.05) is 6.92 Å². The normalized spacial score (nSPS) is 11.0. The van der Waals surface area contributed by atoms with E-state index in [9.17, 15) is 0 Å². The van der Waals surface area contributed by atoms with Crippen LogP contribution >= 0.6 is 0 Å². The van der Waals surface area contributed by atoms with E-state index in [1.165, 1.54) is 19.3 Å². The molecule has 3 nitrogen and oxygen atoms in total. The number of aliphatic imine (C=N–C) groups is 1. The first-order chi connectivity index (χ1) is 7.90. The number of nitrogens with zero attached hydrogens (tertiary/aromatic N) is 1. The Kier molecular flexibility index (Phi) is 20.6. The Morgan fingerprint density at radius 3 is 1.72 bits per heavy atom. The summed E-state index contributed by atoms with van der Waals surface area (Å²) >= 11 is 0. The van der Waals surface area contributed by atoms with Crippen LogP contribution in [0.3, 0.4) is 0 Å². The first-order valence-electron chi connectivity index (χ1n) is 6.86. The zero-order valence-electron chi connectivity index (χ0n) is 12.5. The highest BCUT2D eigenvalue weighted by Gasteiger charge is 1.91. The second-order valence-electron chi connectivity index (χ2n) is 5.38. The molecule has 112 valence electrons. The summed E-state index contributed by atoms with van der Waals surface area (Å²) in [7, 11) is 0. The molecule has 0 heterocycles. The van der Waals surface area contributed by atoms with E-state index >= 15 is 0 Å². The first-order valence-corrected chi connectivity index (χ1v) is 6.86. The summed E-state index contributed by atoms with van der Waals surface area (Å²) in [5, 5.41) is 0. The lowest BCUT2D eigenvalue weighted by atomic mass is 10.1. The maximum atomic E-state index is 5.36. The summed E-state index contributed by atoms with van der Waals surface area (Å²) in [4.78, 5) is 4.09. The van der Waals surface area contributed by atoms with Gasteiger partial charge in [0.1, 0.15) is 0 Å². The van der Waals surface area contributed by atoms with Crippen LogP contribution in [-0.2, 0) is 0 Å². The maximum absolute atomic E-state index is 5.36. The van der Waals surface area contributed by atoms with Gasteiger partial charge >= 0.3 is 0 Å². The molecule has 0 aromatic rings. The molecule has 18 heavy (non-hydrogen) atoms. The lowest BCUT2D eigenvalue weighted by Gasteiger charge is -2.00. The minimum Gasteiger partial charge on any atom is -0.388 e. The Hall–Kier alpha value is -0.570. The van der Waals surface area contributed by atoms with Gasteiger partial charge in [-0.1, -0.05) is 35.1 Å². The highest BCUT2D eigenvalue weighted by molar-refractivity contribution is 5.77. The van der Waals surface area contributed by atoms with Crippen LogP contribution in [0.5, 0.6) is 0 Å². The quantitative estimate of drug-likeness (QED) is 0.415. The fraction of sp³-hybridized carbons (Fsp3) is 0.933. The zero-order valence-corrected chi connectivity index (χ0v) is 12.5. The molecule has 0 unspecified atom stereocenters. The third kappa shape index (κ3) is 29.5. The lowest BCUT2D eigenvalue weighted by Crippen LogP contribution is -2.06. The van der Waals surface area contributed by atoms with Crippen molar-refractivity contribution in [1.29, 1.82) is 0 Å². The number of rotatable bonds is 7. The van der Waals surface area contributed by atoms with Crippen molar-refractivity contribution >= 4 is 5.84 Å². The predicted molar refractivity (Wildman–Crippen MR) is 86.1 cm³/mol. The van der Waals surface area contributed by atoms with E-state index in [2.05, 4.69) is 32.7 Å². The lowest BCUT2D eigenvalue weighted by molar-refractivity contribution is 0.561. The van der Waals surface area contributed by atoms with E-state index in [0.29, 0.717) is 5.84 Å².